The lowest BCUT2D eigenvalue weighted by atomic mass is 10.0. The Labute approximate surface area is 126 Å². The molecule has 118 valence electrons. The molecule has 0 N–H and O–H groups in total. The molecule has 1 fully saturated rings. The van der Waals surface area contributed by atoms with Gasteiger partial charge in [-0.05, 0) is 30.5 Å². The highest BCUT2D eigenvalue weighted by molar-refractivity contribution is 7.88. The largest absolute Gasteiger partial charge is 0.382 e. The third-order valence-corrected chi connectivity index (χ3v) is 4.98. The predicted molar refractivity (Wildman–Crippen MR) is 79.5 cm³/mol. The Balaban J connectivity index is 2.11. The van der Waals surface area contributed by atoms with Crippen molar-refractivity contribution in [3.05, 3.63) is 30.1 Å². The third-order valence-electron chi connectivity index (χ3n) is 3.67. The van der Waals surface area contributed by atoms with Crippen molar-refractivity contribution >= 4 is 10.0 Å². The van der Waals surface area contributed by atoms with Crippen LogP contribution in [0.25, 0.3) is 0 Å². The molecule has 1 aromatic heterocycles. The first-order chi connectivity index (χ1) is 10.0. The Morgan fingerprint density at radius 2 is 2.05 bits per heavy atom. The Bertz CT molecular complexity index is 535. The number of pyridine rings is 1. The minimum absolute atomic E-state index is 0.0944. The number of hydrogen-bond acceptors (Lipinski definition) is 5. The SMILES string of the molecule is COCCO[C@@H]1CCN(S(C)(=O)=O)[C@H]1Cc1ccncc1. The zero-order valence-electron chi connectivity index (χ0n) is 12.4. The molecule has 0 saturated carbocycles. The Hall–Kier alpha value is -1.02. The topological polar surface area (TPSA) is 68.7 Å². The van der Waals surface area contributed by atoms with Gasteiger partial charge in [-0.3, -0.25) is 4.98 Å². The van der Waals surface area contributed by atoms with E-state index in [1.165, 1.54) is 6.26 Å². The average molecular weight is 314 g/mol. The van der Waals surface area contributed by atoms with Gasteiger partial charge in [-0.1, -0.05) is 0 Å². The number of methoxy groups -OCH3 is 1. The normalized spacial score (nSPS) is 23.5. The van der Waals surface area contributed by atoms with E-state index < -0.39 is 10.0 Å². The zero-order chi connectivity index (χ0) is 15.3. The number of rotatable bonds is 7. The zero-order valence-corrected chi connectivity index (χ0v) is 13.3. The van der Waals surface area contributed by atoms with Crippen LogP contribution in [0.2, 0.25) is 0 Å². The maximum atomic E-state index is 11.9. The van der Waals surface area contributed by atoms with E-state index in [4.69, 9.17) is 9.47 Å². The highest BCUT2D eigenvalue weighted by Gasteiger charge is 2.39. The van der Waals surface area contributed by atoms with Gasteiger partial charge in [-0.25, -0.2) is 8.42 Å². The van der Waals surface area contributed by atoms with Crippen LogP contribution in [0.3, 0.4) is 0 Å². The van der Waals surface area contributed by atoms with Crippen LogP contribution in [0.1, 0.15) is 12.0 Å². The molecule has 2 heterocycles. The fraction of sp³-hybridized carbons (Fsp3) is 0.643. The molecule has 2 atom stereocenters. The van der Waals surface area contributed by atoms with E-state index in [9.17, 15) is 8.42 Å². The maximum Gasteiger partial charge on any atom is 0.211 e. The lowest BCUT2D eigenvalue weighted by Crippen LogP contribution is -2.41. The van der Waals surface area contributed by atoms with Crippen molar-refractivity contribution < 1.29 is 17.9 Å². The average Bonchev–Trinajstić information content (AvgIpc) is 2.83. The molecule has 1 aliphatic heterocycles. The predicted octanol–water partition coefficient (Wildman–Crippen LogP) is 0.690. The molecule has 7 heteroatoms. The van der Waals surface area contributed by atoms with Crippen molar-refractivity contribution in [2.24, 2.45) is 0 Å². The standard InChI is InChI=1S/C14H22N2O4S/c1-19-9-10-20-14-5-8-16(21(2,17)18)13(14)11-12-3-6-15-7-4-12/h3-4,6-7,13-14H,5,8-11H2,1-2H3/t13-,14+/m0/s1. The van der Waals surface area contributed by atoms with Gasteiger partial charge in [0.1, 0.15) is 0 Å². The molecule has 0 aromatic carbocycles. The minimum Gasteiger partial charge on any atom is -0.382 e. The Morgan fingerprint density at radius 1 is 1.33 bits per heavy atom. The quantitative estimate of drug-likeness (QED) is 0.693. The van der Waals surface area contributed by atoms with Crippen molar-refractivity contribution in [1.29, 1.82) is 0 Å². The molecule has 0 radical (unpaired) electrons. The van der Waals surface area contributed by atoms with Crippen molar-refractivity contribution in [3.8, 4) is 0 Å². The van der Waals surface area contributed by atoms with E-state index in [0.717, 1.165) is 5.56 Å². The molecular weight excluding hydrogens is 292 g/mol. The van der Waals surface area contributed by atoms with Crippen LogP contribution in [-0.4, -0.2) is 63.0 Å². The summed E-state index contributed by atoms with van der Waals surface area (Å²) in [6.45, 7) is 1.50. The van der Waals surface area contributed by atoms with Gasteiger partial charge in [-0.15, -0.1) is 0 Å². The van der Waals surface area contributed by atoms with E-state index in [0.29, 0.717) is 32.6 Å². The summed E-state index contributed by atoms with van der Waals surface area (Å²) in [6.07, 6.45) is 5.94. The first-order valence-electron chi connectivity index (χ1n) is 6.98. The number of hydrogen-bond donors (Lipinski definition) is 0. The molecule has 21 heavy (non-hydrogen) atoms. The lowest BCUT2D eigenvalue weighted by molar-refractivity contribution is 0.00641. The van der Waals surface area contributed by atoms with Gasteiger partial charge in [0.15, 0.2) is 0 Å². The van der Waals surface area contributed by atoms with Gasteiger partial charge >= 0.3 is 0 Å². The van der Waals surface area contributed by atoms with Gasteiger partial charge in [0.25, 0.3) is 0 Å². The highest BCUT2D eigenvalue weighted by atomic mass is 32.2. The first kappa shape index (κ1) is 16.4. The van der Waals surface area contributed by atoms with Gasteiger partial charge in [-0.2, -0.15) is 4.31 Å². The molecule has 0 bridgehead atoms. The monoisotopic (exact) mass is 314 g/mol. The molecule has 1 saturated heterocycles. The van der Waals surface area contributed by atoms with Gasteiger partial charge in [0, 0.05) is 26.0 Å². The second-order valence-corrected chi connectivity index (χ2v) is 7.13. The van der Waals surface area contributed by atoms with Crippen molar-refractivity contribution in [2.75, 3.05) is 33.1 Å². The first-order valence-corrected chi connectivity index (χ1v) is 8.83. The van der Waals surface area contributed by atoms with Crippen LogP contribution in [-0.2, 0) is 25.9 Å². The molecule has 0 aliphatic carbocycles. The van der Waals surface area contributed by atoms with E-state index in [1.807, 2.05) is 12.1 Å². The van der Waals surface area contributed by atoms with Gasteiger partial charge in [0.05, 0.1) is 31.6 Å². The summed E-state index contributed by atoms with van der Waals surface area (Å²) < 4.78 is 36.2. The molecule has 0 spiro atoms. The van der Waals surface area contributed by atoms with E-state index >= 15 is 0 Å². The summed E-state index contributed by atoms with van der Waals surface area (Å²) in [5, 5.41) is 0. The lowest BCUT2D eigenvalue weighted by Gasteiger charge is -2.26. The molecule has 1 aliphatic rings. The number of sulfonamides is 1. The molecule has 2 rings (SSSR count). The molecule has 6 nitrogen and oxygen atoms in total. The van der Waals surface area contributed by atoms with Crippen molar-refractivity contribution in [1.82, 2.24) is 9.29 Å². The fourth-order valence-corrected chi connectivity index (χ4v) is 3.82. The fourth-order valence-electron chi connectivity index (χ4n) is 2.68. The smallest absolute Gasteiger partial charge is 0.211 e. The van der Waals surface area contributed by atoms with E-state index in [2.05, 4.69) is 4.98 Å². The van der Waals surface area contributed by atoms with E-state index in [-0.39, 0.29) is 12.1 Å². The summed E-state index contributed by atoms with van der Waals surface area (Å²) in [5.74, 6) is 0. The Morgan fingerprint density at radius 3 is 2.67 bits per heavy atom. The number of nitrogens with zero attached hydrogens (tertiary/aromatic N) is 2. The van der Waals surface area contributed by atoms with Crippen LogP contribution >= 0.6 is 0 Å². The summed E-state index contributed by atoms with van der Waals surface area (Å²) in [5.41, 5.74) is 1.06. The van der Waals surface area contributed by atoms with Crippen LogP contribution in [0.5, 0.6) is 0 Å². The Kier molecular flexibility index (Phi) is 5.69. The van der Waals surface area contributed by atoms with E-state index in [1.54, 1.807) is 23.8 Å². The van der Waals surface area contributed by atoms with Crippen molar-refractivity contribution in [2.45, 2.75) is 25.0 Å². The third kappa shape index (κ3) is 4.47. The van der Waals surface area contributed by atoms with Crippen LogP contribution in [0.15, 0.2) is 24.5 Å². The summed E-state index contributed by atoms with van der Waals surface area (Å²) >= 11 is 0. The second kappa shape index (κ2) is 7.31. The van der Waals surface area contributed by atoms with Crippen LogP contribution in [0.4, 0.5) is 0 Å². The number of aromatic nitrogens is 1. The maximum absolute atomic E-state index is 11.9. The second-order valence-electron chi connectivity index (χ2n) is 5.19. The minimum atomic E-state index is -3.23. The highest BCUT2D eigenvalue weighted by Crippen LogP contribution is 2.26. The summed E-state index contributed by atoms with van der Waals surface area (Å²) in [6, 6.07) is 3.65. The summed E-state index contributed by atoms with van der Waals surface area (Å²) in [7, 11) is -1.61. The molecule has 0 unspecified atom stereocenters. The van der Waals surface area contributed by atoms with Gasteiger partial charge < -0.3 is 9.47 Å². The van der Waals surface area contributed by atoms with Crippen molar-refractivity contribution in [3.63, 3.8) is 0 Å². The summed E-state index contributed by atoms with van der Waals surface area (Å²) in [4.78, 5) is 3.99. The molecule has 0 amide bonds. The van der Waals surface area contributed by atoms with Crippen LogP contribution in [0, 0.1) is 0 Å². The number of ether oxygens (including phenoxy) is 2. The van der Waals surface area contributed by atoms with Crippen LogP contribution < -0.4 is 0 Å². The molecular formula is C14H22N2O4S. The molecule has 1 aromatic rings. The van der Waals surface area contributed by atoms with Gasteiger partial charge in [0.2, 0.25) is 10.0 Å².